The molecule has 0 radical (unpaired) electrons. The molecular formula is C15H12N6S4. The molecule has 1 aliphatic rings. The Labute approximate surface area is 159 Å². The van der Waals surface area contributed by atoms with Crippen LogP contribution < -0.4 is 10.6 Å². The van der Waals surface area contributed by atoms with Crippen molar-refractivity contribution < 1.29 is 0 Å². The predicted molar refractivity (Wildman–Crippen MR) is 104 cm³/mol. The lowest BCUT2D eigenvalue weighted by atomic mass is 10.4. The quantitative estimate of drug-likeness (QED) is 0.460. The number of anilines is 1. The fourth-order valence-electron chi connectivity index (χ4n) is 2.41. The third-order valence-electron chi connectivity index (χ3n) is 3.59. The molecule has 5 heterocycles. The maximum absolute atomic E-state index is 4.69. The molecule has 0 spiro atoms. The zero-order chi connectivity index (χ0) is 16.6. The minimum Gasteiger partial charge on any atom is -0.364 e. The second-order valence-electron chi connectivity index (χ2n) is 5.43. The van der Waals surface area contributed by atoms with Crippen molar-refractivity contribution in [2.75, 3.05) is 5.32 Å². The van der Waals surface area contributed by atoms with E-state index in [1.54, 1.807) is 45.3 Å². The Balaban J connectivity index is 1.49. The van der Waals surface area contributed by atoms with Crippen molar-refractivity contribution in [2.24, 2.45) is 0 Å². The average molecular weight is 405 g/mol. The minimum absolute atomic E-state index is 0.655. The lowest BCUT2D eigenvalue weighted by molar-refractivity contribution is 0.673. The van der Waals surface area contributed by atoms with Crippen LogP contribution in [0.2, 0.25) is 0 Å². The van der Waals surface area contributed by atoms with E-state index in [4.69, 9.17) is 0 Å². The Morgan fingerprint density at radius 3 is 1.68 bits per heavy atom. The number of thiazole rings is 4. The molecule has 10 heteroatoms. The molecule has 5 rings (SSSR count). The van der Waals surface area contributed by atoms with Crippen LogP contribution in [0.4, 0.5) is 5.82 Å². The highest BCUT2D eigenvalue weighted by molar-refractivity contribution is 7.20. The topological polar surface area (TPSA) is 75.6 Å². The van der Waals surface area contributed by atoms with Gasteiger partial charge in [-0.1, -0.05) is 0 Å². The maximum Gasteiger partial charge on any atom is 0.154 e. The summed E-state index contributed by atoms with van der Waals surface area (Å²) in [4.78, 5) is 18.7. The molecule has 0 unspecified atom stereocenters. The Morgan fingerprint density at radius 1 is 0.600 bits per heavy atom. The van der Waals surface area contributed by atoms with E-state index in [2.05, 4.69) is 46.7 Å². The van der Waals surface area contributed by atoms with Crippen LogP contribution in [0.1, 0.15) is 17.1 Å². The highest BCUT2D eigenvalue weighted by Crippen LogP contribution is 2.30. The van der Waals surface area contributed by atoms with Gasteiger partial charge in [0.25, 0.3) is 0 Å². The van der Waals surface area contributed by atoms with Crippen molar-refractivity contribution in [3.63, 3.8) is 0 Å². The highest BCUT2D eigenvalue weighted by Gasteiger charge is 2.13. The van der Waals surface area contributed by atoms with Gasteiger partial charge >= 0.3 is 0 Å². The normalized spacial score (nSPS) is 14.1. The van der Waals surface area contributed by atoms with Gasteiger partial charge in [-0.05, 0) is 0 Å². The summed E-state index contributed by atoms with van der Waals surface area (Å²) >= 11 is 6.52. The monoisotopic (exact) mass is 404 g/mol. The van der Waals surface area contributed by atoms with Crippen LogP contribution in [-0.4, -0.2) is 19.9 Å². The molecule has 0 saturated heterocycles. The van der Waals surface area contributed by atoms with Gasteiger partial charge in [0, 0.05) is 34.6 Å². The van der Waals surface area contributed by atoms with E-state index in [0.29, 0.717) is 6.54 Å². The summed E-state index contributed by atoms with van der Waals surface area (Å²) < 4.78 is 0. The summed E-state index contributed by atoms with van der Waals surface area (Å²) in [6, 6.07) is 0. The molecule has 1 aliphatic heterocycles. The average Bonchev–Trinajstić information content (AvgIpc) is 3.38. The van der Waals surface area contributed by atoms with E-state index >= 15 is 0 Å². The first-order valence-electron chi connectivity index (χ1n) is 7.57. The largest absolute Gasteiger partial charge is 0.364 e. The summed E-state index contributed by atoms with van der Waals surface area (Å²) in [6.45, 7) is 2.11. The predicted octanol–water partition coefficient (Wildman–Crippen LogP) is 4.06. The fraction of sp³-hybridized carbons (Fsp3) is 0.200. The van der Waals surface area contributed by atoms with Gasteiger partial charge in [-0.3, -0.25) is 0 Å². The summed E-state index contributed by atoms with van der Waals surface area (Å²) in [5.74, 6) is 0.866. The Hall–Kier alpha value is -1.72. The zero-order valence-electron chi connectivity index (χ0n) is 12.9. The Morgan fingerprint density at radius 2 is 1.08 bits per heavy atom. The van der Waals surface area contributed by atoms with E-state index in [-0.39, 0.29) is 0 Å². The van der Waals surface area contributed by atoms with Gasteiger partial charge < -0.3 is 10.6 Å². The Bertz CT molecular complexity index is 932. The number of hydrogen-bond acceptors (Lipinski definition) is 10. The summed E-state index contributed by atoms with van der Waals surface area (Å²) in [5, 5.41) is 18.9. The number of rotatable bonds is 0. The number of aromatic nitrogens is 4. The van der Waals surface area contributed by atoms with Gasteiger partial charge in [-0.2, -0.15) is 0 Å². The molecule has 6 nitrogen and oxygen atoms in total. The van der Waals surface area contributed by atoms with Gasteiger partial charge in [0.1, 0.15) is 5.82 Å². The standard InChI is InChI=1S/C15H12N6S4/c1-8-4-22-12(18-8)13-20-10(6-24-13)3-17-11-7-25-15(21-11)14-19-9(2-16-1)5-23-14/h4-7,16-17H,1-3H2. The first-order valence-corrected chi connectivity index (χ1v) is 11.1. The summed E-state index contributed by atoms with van der Waals surface area (Å²) in [7, 11) is 0. The summed E-state index contributed by atoms with van der Waals surface area (Å²) in [6.07, 6.45) is 0. The van der Waals surface area contributed by atoms with E-state index in [9.17, 15) is 0 Å². The SMILES string of the molecule is c1sc2nc1CNCc1csc(n1)-c1nc(cs1)NCc1csc-2n1. The van der Waals surface area contributed by atoms with Crippen molar-refractivity contribution in [1.82, 2.24) is 25.3 Å². The second-order valence-corrected chi connectivity index (χ2v) is 8.86. The molecule has 8 bridgehead atoms. The number of fused-ring (bicyclic) bond motifs is 10. The van der Waals surface area contributed by atoms with Gasteiger partial charge in [0.05, 0.1) is 23.6 Å². The van der Waals surface area contributed by atoms with Crippen LogP contribution in [0.3, 0.4) is 0 Å². The van der Waals surface area contributed by atoms with Gasteiger partial charge in [-0.25, -0.2) is 19.9 Å². The number of nitrogens with one attached hydrogen (secondary N) is 2. The van der Waals surface area contributed by atoms with Crippen LogP contribution in [0.25, 0.3) is 20.0 Å². The van der Waals surface area contributed by atoms with Crippen LogP contribution >= 0.6 is 45.3 Å². The molecule has 4 aromatic heterocycles. The lowest BCUT2D eigenvalue weighted by Gasteiger charge is -1.99. The second kappa shape index (κ2) is 6.54. The van der Waals surface area contributed by atoms with Crippen LogP contribution in [0, 0.1) is 0 Å². The molecule has 126 valence electrons. The molecule has 0 amide bonds. The van der Waals surface area contributed by atoms with Crippen molar-refractivity contribution >= 4 is 51.2 Å². The number of nitrogens with zero attached hydrogens (tertiary/aromatic N) is 4. The fourth-order valence-corrected chi connectivity index (χ4v) is 5.75. The van der Waals surface area contributed by atoms with Crippen LogP contribution in [0.15, 0.2) is 21.5 Å². The first-order chi connectivity index (χ1) is 12.3. The minimum atomic E-state index is 0.655. The Kier molecular flexibility index (Phi) is 4.06. The summed E-state index contributed by atoms with van der Waals surface area (Å²) in [5.41, 5.74) is 3.08. The molecule has 0 aliphatic carbocycles. The van der Waals surface area contributed by atoms with Crippen molar-refractivity contribution in [3.05, 3.63) is 38.6 Å². The molecule has 0 saturated carbocycles. The lowest BCUT2D eigenvalue weighted by Crippen LogP contribution is -2.13. The highest BCUT2D eigenvalue weighted by atomic mass is 32.1. The van der Waals surface area contributed by atoms with Crippen LogP contribution in [0.5, 0.6) is 0 Å². The molecular weight excluding hydrogens is 392 g/mol. The molecule has 0 aromatic carbocycles. The molecule has 0 atom stereocenters. The van der Waals surface area contributed by atoms with Gasteiger partial charge in [-0.15, -0.1) is 45.3 Å². The van der Waals surface area contributed by atoms with Crippen molar-refractivity contribution in [2.45, 2.75) is 19.6 Å². The van der Waals surface area contributed by atoms with Crippen molar-refractivity contribution in [3.8, 4) is 20.0 Å². The van der Waals surface area contributed by atoms with Crippen molar-refractivity contribution in [1.29, 1.82) is 0 Å². The van der Waals surface area contributed by atoms with Gasteiger partial charge in [0.2, 0.25) is 0 Å². The molecule has 0 fully saturated rings. The molecule has 4 aromatic rings. The van der Waals surface area contributed by atoms with E-state index < -0.39 is 0 Å². The van der Waals surface area contributed by atoms with Crippen LogP contribution in [-0.2, 0) is 19.6 Å². The number of hydrogen-bond donors (Lipinski definition) is 2. The maximum atomic E-state index is 4.69. The van der Waals surface area contributed by atoms with Gasteiger partial charge in [0.15, 0.2) is 20.0 Å². The van der Waals surface area contributed by atoms with E-state index in [0.717, 1.165) is 56.0 Å². The van der Waals surface area contributed by atoms with E-state index in [1.165, 1.54) is 0 Å². The van der Waals surface area contributed by atoms with E-state index in [1.807, 2.05) is 5.38 Å². The zero-order valence-corrected chi connectivity index (χ0v) is 16.1. The third kappa shape index (κ3) is 3.23. The molecule has 25 heavy (non-hydrogen) atoms. The first kappa shape index (κ1) is 15.5. The smallest absolute Gasteiger partial charge is 0.154 e. The molecule has 2 N–H and O–H groups in total. The third-order valence-corrected chi connectivity index (χ3v) is 7.39.